The second-order valence-electron chi connectivity index (χ2n) is 11.2. The number of rotatable bonds is 29. The number of unbranched alkanes of at least 4 members (excludes halogenated alkanes) is 22. The first-order valence-corrected chi connectivity index (χ1v) is 16.2. The number of hydrogen-bond donors (Lipinski definition) is 3. The summed E-state index contributed by atoms with van der Waals surface area (Å²) in [4.78, 5) is 12.2. The molecular formula is C32H65NO3. The van der Waals surface area contributed by atoms with E-state index in [9.17, 15) is 15.0 Å². The third kappa shape index (κ3) is 25.1. The molecule has 0 spiro atoms. The molecule has 2 atom stereocenters. The molecule has 3 N–H and O–H groups in total. The first-order chi connectivity index (χ1) is 17.7. The number of nitrogens with one attached hydrogen (secondary N) is 1. The maximum absolute atomic E-state index is 12.2. The van der Waals surface area contributed by atoms with Crippen LogP contribution in [0.25, 0.3) is 0 Å². The minimum Gasteiger partial charge on any atom is -0.394 e. The van der Waals surface area contributed by atoms with Crippen molar-refractivity contribution in [3.63, 3.8) is 0 Å². The number of aliphatic hydroxyl groups excluding tert-OH is 2. The second kappa shape index (κ2) is 29.0. The molecule has 4 heteroatoms. The van der Waals surface area contributed by atoms with Gasteiger partial charge in [0.2, 0.25) is 5.91 Å². The maximum Gasteiger partial charge on any atom is 0.220 e. The van der Waals surface area contributed by atoms with Crippen LogP contribution in [-0.2, 0) is 4.79 Å². The van der Waals surface area contributed by atoms with Crippen molar-refractivity contribution in [1.82, 2.24) is 5.32 Å². The van der Waals surface area contributed by atoms with Crippen molar-refractivity contribution in [2.75, 3.05) is 6.61 Å². The quantitative estimate of drug-likeness (QED) is 0.0877. The van der Waals surface area contributed by atoms with E-state index in [2.05, 4.69) is 19.2 Å². The highest BCUT2D eigenvalue weighted by atomic mass is 16.3. The van der Waals surface area contributed by atoms with E-state index in [0.717, 1.165) is 25.7 Å². The summed E-state index contributed by atoms with van der Waals surface area (Å²) >= 11 is 0. The highest BCUT2D eigenvalue weighted by Crippen LogP contribution is 2.15. The smallest absolute Gasteiger partial charge is 0.220 e. The lowest BCUT2D eigenvalue weighted by Crippen LogP contribution is -2.45. The summed E-state index contributed by atoms with van der Waals surface area (Å²) in [7, 11) is 0. The molecule has 0 rings (SSSR count). The molecule has 0 radical (unpaired) electrons. The van der Waals surface area contributed by atoms with Gasteiger partial charge in [-0.2, -0.15) is 0 Å². The Hall–Kier alpha value is -0.610. The third-order valence-corrected chi connectivity index (χ3v) is 7.62. The molecule has 1 amide bonds. The van der Waals surface area contributed by atoms with Crippen molar-refractivity contribution < 1.29 is 15.0 Å². The molecule has 0 aromatic rings. The van der Waals surface area contributed by atoms with Gasteiger partial charge in [-0.25, -0.2) is 0 Å². The Labute approximate surface area is 225 Å². The Morgan fingerprint density at radius 2 is 0.889 bits per heavy atom. The lowest BCUT2D eigenvalue weighted by Gasteiger charge is -2.22. The van der Waals surface area contributed by atoms with Crippen LogP contribution in [0.4, 0.5) is 0 Å². The van der Waals surface area contributed by atoms with Crippen LogP contribution in [0.1, 0.15) is 181 Å². The topological polar surface area (TPSA) is 69.6 Å². The molecule has 0 heterocycles. The van der Waals surface area contributed by atoms with Crippen LogP contribution in [0.3, 0.4) is 0 Å². The number of carbonyl (C=O) groups is 1. The Kier molecular flexibility index (Phi) is 28.5. The average Bonchev–Trinajstić information content (AvgIpc) is 2.88. The molecule has 4 nitrogen and oxygen atoms in total. The van der Waals surface area contributed by atoms with Gasteiger partial charge in [0, 0.05) is 6.42 Å². The molecule has 0 aromatic heterocycles. The SMILES string of the molecule is CCCCCCCCCCCCCCCCCCC(=O)NC(CO)C(O)CCCCCCCCCC. The molecule has 0 saturated heterocycles. The van der Waals surface area contributed by atoms with E-state index in [1.807, 2.05) is 0 Å². The Balaban J connectivity index is 3.51. The van der Waals surface area contributed by atoms with Gasteiger partial charge in [-0.05, 0) is 12.8 Å². The molecular weight excluding hydrogens is 446 g/mol. The van der Waals surface area contributed by atoms with E-state index in [1.165, 1.54) is 128 Å². The van der Waals surface area contributed by atoms with Crippen LogP contribution in [-0.4, -0.2) is 34.9 Å². The maximum atomic E-state index is 12.2. The van der Waals surface area contributed by atoms with Gasteiger partial charge in [0.05, 0.1) is 18.8 Å². The zero-order valence-corrected chi connectivity index (χ0v) is 24.5. The average molecular weight is 512 g/mol. The third-order valence-electron chi connectivity index (χ3n) is 7.62. The first-order valence-electron chi connectivity index (χ1n) is 16.2. The summed E-state index contributed by atoms with van der Waals surface area (Å²) in [6.45, 7) is 4.32. The van der Waals surface area contributed by atoms with E-state index in [4.69, 9.17) is 0 Å². The minimum atomic E-state index is -0.648. The van der Waals surface area contributed by atoms with Crippen molar-refractivity contribution in [2.24, 2.45) is 0 Å². The second-order valence-corrected chi connectivity index (χ2v) is 11.2. The molecule has 36 heavy (non-hydrogen) atoms. The van der Waals surface area contributed by atoms with Gasteiger partial charge in [-0.3, -0.25) is 4.79 Å². The van der Waals surface area contributed by atoms with E-state index in [0.29, 0.717) is 12.8 Å². The summed E-state index contributed by atoms with van der Waals surface area (Å²) in [5.74, 6) is -0.0330. The van der Waals surface area contributed by atoms with Crippen molar-refractivity contribution in [2.45, 2.75) is 193 Å². The van der Waals surface area contributed by atoms with E-state index >= 15 is 0 Å². The van der Waals surface area contributed by atoms with Crippen LogP contribution in [0.15, 0.2) is 0 Å². The summed E-state index contributed by atoms with van der Waals surface area (Å²) in [6, 6.07) is -0.525. The van der Waals surface area contributed by atoms with Crippen molar-refractivity contribution in [3.05, 3.63) is 0 Å². The fourth-order valence-corrected chi connectivity index (χ4v) is 5.06. The molecule has 216 valence electrons. The van der Waals surface area contributed by atoms with Gasteiger partial charge in [0.1, 0.15) is 0 Å². The van der Waals surface area contributed by atoms with Gasteiger partial charge >= 0.3 is 0 Å². The molecule has 0 aliphatic carbocycles. The number of amides is 1. The molecule has 0 saturated carbocycles. The lowest BCUT2D eigenvalue weighted by molar-refractivity contribution is -0.123. The van der Waals surface area contributed by atoms with E-state index in [-0.39, 0.29) is 12.5 Å². The van der Waals surface area contributed by atoms with Crippen LogP contribution < -0.4 is 5.32 Å². The molecule has 0 aliphatic rings. The van der Waals surface area contributed by atoms with E-state index in [1.54, 1.807) is 0 Å². The van der Waals surface area contributed by atoms with Gasteiger partial charge < -0.3 is 15.5 Å². The fourth-order valence-electron chi connectivity index (χ4n) is 5.06. The largest absolute Gasteiger partial charge is 0.394 e. The fraction of sp³-hybridized carbons (Fsp3) is 0.969. The monoisotopic (exact) mass is 511 g/mol. The van der Waals surface area contributed by atoms with Crippen molar-refractivity contribution in [1.29, 1.82) is 0 Å². The highest BCUT2D eigenvalue weighted by Gasteiger charge is 2.19. The molecule has 0 aromatic carbocycles. The Bertz CT molecular complexity index is 443. The molecule has 0 bridgehead atoms. The van der Waals surface area contributed by atoms with Crippen LogP contribution in [0.2, 0.25) is 0 Å². The Morgan fingerprint density at radius 3 is 1.25 bits per heavy atom. The summed E-state index contributed by atoms with van der Waals surface area (Å²) in [5, 5.41) is 22.8. The van der Waals surface area contributed by atoms with Crippen LogP contribution in [0.5, 0.6) is 0 Å². The minimum absolute atomic E-state index is 0.0330. The molecule has 2 unspecified atom stereocenters. The zero-order valence-electron chi connectivity index (χ0n) is 24.5. The number of aliphatic hydroxyl groups is 2. The van der Waals surface area contributed by atoms with Gasteiger partial charge in [-0.15, -0.1) is 0 Å². The normalized spacial score (nSPS) is 13.1. The lowest BCUT2D eigenvalue weighted by atomic mass is 10.0. The Morgan fingerprint density at radius 1 is 0.556 bits per heavy atom. The van der Waals surface area contributed by atoms with Crippen LogP contribution in [0, 0.1) is 0 Å². The predicted octanol–water partition coefficient (Wildman–Crippen LogP) is 9.01. The van der Waals surface area contributed by atoms with Crippen LogP contribution >= 0.6 is 0 Å². The van der Waals surface area contributed by atoms with Gasteiger partial charge in [-0.1, -0.05) is 162 Å². The molecule has 0 fully saturated rings. The van der Waals surface area contributed by atoms with Gasteiger partial charge in [0.25, 0.3) is 0 Å². The number of carbonyl (C=O) groups excluding carboxylic acids is 1. The predicted molar refractivity (Wildman–Crippen MR) is 156 cm³/mol. The van der Waals surface area contributed by atoms with Gasteiger partial charge in [0.15, 0.2) is 0 Å². The standard InChI is InChI=1S/C32H65NO3/c1-3-5-7-9-11-13-14-15-16-17-18-19-20-22-24-26-28-32(36)33-30(29-34)31(35)27-25-23-21-12-10-8-6-4-2/h30-31,34-35H,3-29H2,1-2H3,(H,33,36). The number of hydrogen-bond acceptors (Lipinski definition) is 3. The summed E-state index contributed by atoms with van der Waals surface area (Å²) < 4.78 is 0. The van der Waals surface area contributed by atoms with E-state index < -0.39 is 12.1 Å². The zero-order chi connectivity index (χ0) is 26.5. The highest BCUT2D eigenvalue weighted by molar-refractivity contribution is 5.76. The summed E-state index contributed by atoms with van der Waals surface area (Å²) in [5.41, 5.74) is 0. The molecule has 0 aliphatic heterocycles. The van der Waals surface area contributed by atoms with Crippen molar-refractivity contribution in [3.8, 4) is 0 Å². The first kappa shape index (κ1) is 35.4. The summed E-state index contributed by atoms with van der Waals surface area (Å²) in [6.07, 6.45) is 31.5. The van der Waals surface area contributed by atoms with Crippen molar-refractivity contribution >= 4 is 5.91 Å².